The maximum atomic E-state index is 14.3. The predicted molar refractivity (Wildman–Crippen MR) is 93.0 cm³/mol. The van der Waals surface area contributed by atoms with Crippen molar-refractivity contribution in [2.75, 3.05) is 0 Å². The average Bonchev–Trinajstić information content (AvgIpc) is 3.04. The molecule has 6 nitrogen and oxygen atoms in total. The third-order valence-electron chi connectivity index (χ3n) is 4.74. The Morgan fingerprint density at radius 3 is 2.92 bits per heavy atom. The van der Waals surface area contributed by atoms with Gasteiger partial charge in [0.15, 0.2) is 18.2 Å². The lowest BCUT2D eigenvalue weighted by molar-refractivity contribution is -0.125. The van der Waals surface area contributed by atoms with Crippen molar-refractivity contribution in [2.24, 2.45) is 5.41 Å². The summed E-state index contributed by atoms with van der Waals surface area (Å²) in [5.41, 5.74) is 1.35. The van der Waals surface area contributed by atoms with Gasteiger partial charge in [-0.1, -0.05) is 6.92 Å². The van der Waals surface area contributed by atoms with Crippen LogP contribution in [0.3, 0.4) is 0 Å². The summed E-state index contributed by atoms with van der Waals surface area (Å²) in [4.78, 5) is 19.2. The minimum atomic E-state index is -0.458. The van der Waals surface area contributed by atoms with Crippen LogP contribution in [-0.2, 0) is 17.9 Å². The van der Waals surface area contributed by atoms with Gasteiger partial charge >= 0.3 is 0 Å². The van der Waals surface area contributed by atoms with Crippen molar-refractivity contribution < 1.29 is 18.3 Å². The number of aromatic amines is 1. The number of carbonyl (C=O) groups excluding carboxylic acids is 1. The van der Waals surface area contributed by atoms with Crippen molar-refractivity contribution in [1.29, 1.82) is 0 Å². The second-order valence-electron chi connectivity index (χ2n) is 7.06. The fourth-order valence-electron chi connectivity index (χ4n) is 2.81. The van der Waals surface area contributed by atoms with Crippen molar-refractivity contribution >= 4 is 16.8 Å². The maximum absolute atomic E-state index is 14.3. The molecule has 2 aromatic heterocycles. The van der Waals surface area contributed by atoms with Gasteiger partial charge in [0.2, 0.25) is 11.8 Å². The minimum absolute atomic E-state index is 0.0540. The zero-order chi connectivity index (χ0) is 18.3. The van der Waals surface area contributed by atoms with Gasteiger partial charge in [0.1, 0.15) is 5.76 Å². The Labute approximate surface area is 149 Å². The fraction of sp³-hybridized carbons (Fsp3) is 0.368. The van der Waals surface area contributed by atoms with Gasteiger partial charge in [-0.05, 0) is 31.9 Å². The van der Waals surface area contributed by atoms with E-state index in [9.17, 15) is 9.18 Å². The van der Waals surface area contributed by atoms with Gasteiger partial charge in [-0.2, -0.15) is 0 Å². The van der Waals surface area contributed by atoms with Crippen LogP contribution in [0, 0.1) is 18.2 Å². The number of aromatic nitrogens is 2. The number of hydrogen-bond acceptors (Lipinski definition) is 4. The molecule has 1 amide bonds. The first-order chi connectivity index (χ1) is 12.4. The summed E-state index contributed by atoms with van der Waals surface area (Å²) < 4.78 is 25.1. The lowest BCUT2D eigenvalue weighted by Crippen LogP contribution is -2.29. The molecule has 0 unspecified atom stereocenters. The highest BCUT2D eigenvalue weighted by molar-refractivity contribution is 5.85. The molecule has 3 aromatic rings. The summed E-state index contributed by atoms with van der Waals surface area (Å²) in [5.74, 6) is 0.797. The number of benzene rings is 1. The third-order valence-corrected chi connectivity index (χ3v) is 4.74. The Bertz CT molecular complexity index is 972. The largest absolute Gasteiger partial charge is 0.481 e. The van der Waals surface area contributed by atoms with Crippen LogP contribution in [0.25, 0.3) is 10.9 Å². The minimum Gasteiger partial charge on any atom is -0.481 e. The highest BCUT2D eigenvalue weighted by atomic mass is 19.1. The quantitative estimate of drug-likeness (QED) is 0.706. The number of fused-ring (bicyclic) bond motifs is 1. The molecule has 26 heavy (non-hydrogen) atoms. The molecule has 1 fully saturated rings. The molecule has 1 aliphatic carbocycles. The number of amides is 1. The average molecular weight is 357 g/mol. The first-order valence-corrected chi connectivity index (χ1v) is 8.56. The molecule has 2 heterocycles. The van der Waals surface area contributed by atoms with Crippen LogP contribution in [-0.4, -0.2) is 15.9 Å². The third kappa shape index (κ3) is 3.29. The number of nitrogens with zero attached hydrogens (tertiary/aromatic N) is 1. The van der Waals surface area contributed by atoms with Crippen molar-refractivity contribution in [3.05, 3.63) is 47.6 Å². The van der Waals surface area contributed by atoms with Gasteiger partial charge in [-0.25, -0.2) is 9.37 Å². The molecule has 4 rings (SSSR count). The SMILES string of the molecule is Cc1cnc(COc2cc3[nH]c(CNC(=O)C4(C)CC4)cc3cc2F)o1. The molecule has 0 radical (unpaired) electrons. The zero-order valence-electron chi connectivity index (χ0n) is 14.7. The first kappa shape index (κ1) is 16.6. The van der Waals surface area contributed by atoms with E-state index >= 15 is 0 Å². The van der Waals surface area contributed by atoms with E-state index in [1.165, 1.54) is 6.07 Å². The number of carbonyl (C=O) groups is 1. The van der Waals surface area contributed by atoms with Gasteiger partial charge in [0, 0.05) is 28.1 Å². The molecule has 7 heteroatoms. The summed E-state index contributed by atoms with van der Waals surface area (Å²) >= 11 is 0. The zero-order valence-corrected chi connectivity index (χ0v) is 14.7. The van der Waals surface area contributed by atoms with E-state index < -0.39 is 5.82 Å². The Hall–Kier alpha value is -2.83. The Morgan fingerprint density at radius 1 is 1.42 bits per heavy atom. The van der Waals surface area contributed by atoms with Gasteiger partial charge in [-0.15, -0.1) is 0 Å². The molecule has 1 aliphatic rings. The van der Waals surface area contributed by atoms with Crippen LogP contribution in [0.1, 0.15) is 37.1 Å². The van der Waals surface area contributed by atoms with Crippen molar-refractivity contribution in [3.8, 4) is 5.75 Å². The fourth-order valence-corrected chi connectivity index (χ4v) is 2.81. The molecule has 2 N–H and O–H groups in total. The van der Waals surface area contributed by atoms with Crippen molar-refractivity contribution in [1.82, 2.24) is 15.3 Å². The molecule has 0 bridgehead atoms. The molecule has 1 aromatic carbocycles. The van der Waals surface area contributed by atoms with Crippen LogP contribution < -0.4 is 10.1 Å². The monoisotopic (exact) mass is 357 g/mol. The van der Waals surface area contributed by atoms with Crippen molar-refractivity contribution in [3.63, 3.8) is 0 Å². The highest BCUT2D eigenvalue weighted by Gasteiger charge is 2.44. The van der Waals surface area contributed by atoms with E-state index in [-0.39, 0.29) is 23.7 Å². The van der Waals surface area contributed by atoms with Gasteiger partial charge in [0.05, 0.1) is 12.7 Å². The van der Waals surface area contributed by atoms with E-state index in [0.29, 0.717) is 18.2 Å². The summed E-state index contributed by atoms with van der Waals surface area (Å²) in [6.07, 6.45) is 3.45. The Morgan fingerprint density at radius 2 is 2.23 bits per heavy atom. The Balaban J connectivity index is 1.46. The molecule has 0 spiro atoms. The lowest BCUT2D eigenvalue weighted by Gasteiger charge is -2.08. The molecular weight excluding hydrogens is 337 g/mol. The number of H-pyrrole nitrogens is 1. The summed E-state index contributed by atoms with van der Waals surface area (Å²) in [7, 11) is 0. The van der Waals surface area contributed by atoms with Crippen LogP contribution in [0.2, 0.25) is 0 Å². The molecule has 1 saturated carbocycles. The van der Waals surface area contributed by atoms with E-state index in [1.807, 2.05) is 13.0 Å². The Kier molecular flexibility index (Phi) is 3.94. The number of rotatable bonds is 6. The molecule has 0 saturated heterocycles. The summed E-state index contributed by atoms with van der Waals surface area (Å²) in [6.45, 7) is 4.18. The number of hydrogen-bond donors (Lipinski definition) is 2. The van der Waals surface area contributed by atoms with E-state index in [0.717, 1.165) is 29.4 Å². The maximum Gasteiger partial charge on any atom is 0.232 e. The number of aryl methyl sites for hydroxylation is 1. The van der Waals surface area contributed by atoms with Gasteiger partial charge < -0.3 is 19.5 Å². The summed E-state index contributed by atoms with van der Waals surface area (Å²) in [5, 5.41) is 3.65. The number of ether oxygens (including phenoxy) is 1. The van der Waals surface area contributed by atoms with Crippen molar-refractivity contribution in [2.45, 2.75) is 39.8 Å². The van der Waals surface area contributed by atoms with Gasteiger partial charge in [-0.3, -0.25) is 4.79 Å². The number of halogens is 1. The van der Waals surface area contributed by atoms with E-state index in [4.69, 9.17) is 9.15 Å². The normalized spacial score (nSPS) is 15.2. The molecule has 0 aliphatic heterocycles. The second-order valence-corrected chi connectivity index (χ2v) is 7.06. The van der Waals surface area contributed by atoms with E-state index in [2.05, 4.69) is 15.3 Å². The smallest absolute Gasteiger partial charge is 0.232 e. The second kappa shape index (κ2) is 6.16. The molecular formula is C19H20FN3O3. The standard InChI is InChI=1S/C19H20FN3O3/c1-11-8-21-17(26-11)10-25-16-7-15-12(6-14(16)20)5-13(23-15)9-22-18(24)19(2)3-4-19/h5-8,23H,3-4,9-10H2,1-2H3,(H,22,24). The number of oxazole rings is 1. The van der Waals surface area contributed by atoms with Crippen LogP contribution >= 0.6 is 0 Å². The highest BCUT2D eigenvalue weighted by Crippen LogP contribution is 2.45. The molecule has 136 valence electrons. The first-order valence-electron chi connectivity index (χ1n) is 8.56. The summed E-state index contributed by atoms with van der Waals surface area (Å²) in [6, 6.07) is 4.85. The van der Waals surface area contributed by atoms with Crippen LogP contribution in [0.4, 0.5) is 4.39 Å². The van der Waals surface area contributed by atoms with Gasteiger partial charge in [0.25, 0.3) is 0 Å². The number of nitrogens with one attached hydrogen (secondary N) is 2. The van der Waals surface area contributed by atoms with Crippen LogP contribution in [0.5, 0.6) is 5.75 Å². The molecule has 0 atom stereocenters. The topological polar surface area (TPSA) is 80.1 Å². The van der Waals surface area contributed by atoms with Crippen LogP contribution in [0.15, 0.2) is 28.8 Å². The lowest BCUT2D eigenvalue weighted by atomic mass is 10.1. The van der Waals surface area contributed by atoms with E-state index in [1.54, 1.807) is 19.2 Å². The predicted octanol–water partition coefficient (Wildman–Crippen LogP) is 3.60.